The summed E-state index contributed by atoms with van der Waals surface area (Å²) < 4.78 is 1.93. The maximum atomic E-state index is 11.3. The maximum absolute atomic E-state index is 11.3. The van der Waals surface area contributed by atoms with Crippen molar-refractivity contribution in [3.05, 3.63) is 120 Å². The zero-order valence-corrected chi connectivity index (χ0v) is 18.8. The largest absolute Gasteiger partial charge is 0.385 e. The number of aliphatic hydroxyl groups excluding tert-OH is 1. The topological polar surface area (TPSA) is 50.9 Å². The SMILES string of the molecule is CCC(CC)CC(O)c1ncnn1C(c1ccccc1)(c1ccccc1)c1ccccc1. The highest BCUT2D eigenvalue weighted by Crippen LogP contribution is 2.42. The van der Waals surface area contributed by atoms with Crippen LogP contribution < -0.4 is 0 Å². The normalized spacial score (nSPS) is 12.8. The average molecular weight is 426 g/mol. The second-order valence-corrected chi connectivity index (χ2v) is 8.27. The van der Waals surface area contributed by atoms with E-state index >= 15 is 0 Å². The van der Waals surface area contributed by atoms with E-state index in [9.17, 15) is 5.11 Å². The Balaban J connectivity index is 2.00. The van der Waals surface area contributed by atoms with Crippen molar-refractivity contribution in [1.29, 1.82) is 0 Å². The molecule has 32 heavy (non-hydrogen) atoms. The Morgan fingerprint density at radius 3 is 1.59 bits per heavy atom. The molecule has 1 unspecified atom stereocenters. The van der Waals surface area contributed by atoms with Crippen molar-refractivity contribution in [2.45, 2.75) is 44.8 Å². The molecule has 4 rings (SSSR count). The smallest absolute Gasteiger partial charge is 0.157 e. The molecule has 0 radical (unpaired) electrons. The lowest BCUT2D eigenvalue weighted by molar-refractivity contribution is 0.123. The van der Waals surface area contributed by atoms with Crippen LogP contribution in [0.15, 0.2) is 97.3 Å². The fourth-order valence-electron chi connectivity index (χ4n) is 4.68. The number of hydrogen-bond donors (Lipinski definition) is 1. The van der Waals surface area contributed by atoms with Crippen LogP contribution in [0.3, 0.4) is 0 Å². The molecule has 0 saturated carbocycles. The van der Waals surface area contributed by atoms with Crippen LogP contribution in [0, 0.1) is 5.92 Å². The summed E-state index contributed by atoms with van der Waals surface area (Å²) in [7, 11) is 0. The first kappa shape index (κ1) is 22.0. The molecule has 4 heteroatoms. The molecule has 0 aliphatic rings. The fourth-order valence-corrected chi connectivity index (χ4v) is 4.68. The van der Waals surface area contributed by atoms with Crippen molar-refractivity contribution in [3.63, 3.8) is 0 Å². The Kier molecular flexibility index (Phi) is 6.81. The van der Waals surface area contributed by atoms with Crippen molar-refractivity contribution in [3.8, 4) is 0 Å². The van der Waals surface area contributed by atoms with Crippen LogP contribution in [0.2, 0.25) is 0 Å². The van der Waals surface area contributed by atoms with Crippen LogP contribution in [-0.2, 0) is 5.54 Å². The number of aromatic nitrogens is 3. The van der Waals surface area contributed by atoms with Gasteiger partial charge in [-0.05, 0) is 29.0 Å². The van der Waals surface area contributed by atoms with Crippen LogP contribution >= 0.6 is 0 Å². The lowest BCUT2D eigenvalue weighted by atomic mass is 9.77. The monoisotopic (exact) mass is 425 g/mol. The second kappa shape index (κ2) is 9.92. The van der Waals surface area contributed by atoms with Gasteiger partial charge in [0.1, 0.15) is 18.0 Å². The summed E-state index contributed by atoms with van der Waals surface area (Å²) in [5.74, 6) is 1.03. The zero-order valence-electron chi connectivity index (χ0n) is 18.8. The third-order valence-corrected chi connectivity index (χ3v) is 6.48. The molecule has 0 spiro atoms. The first-order valence-electron chi connectivity index (χ1n) is 11.5. The number of rotatable bonds is 9. The molecule has 0 saturated heterocycles. The molecule has 0 aliphatic carbocycles. The van der Waals surface area contributed by atoms with Gasteiger partial charge in [0.25, 0.3) is 0 Å². The summed E-state index contributed by atoms with van der Waals surface area (Å²) in [5.41, 5.74) is 2.45. The van der Waals surface area contributed by atoms with E-state index in [2.05, 4.69) is 55.2 Å². The van der Waals surface area contributed by atoms with Gasteiger partial charge in [-0.2, -0.15) is 5.10 Å². The van der Waals surface area contributed by atoms with E-state index < -0.39 is 11.6 Å². The first-order chi connectivity index (χ1) is 15.7. The lowest BCUT2D eigenvalue weighted by Crippen LogP contribution is -2.40. The van der Waals surface area contributed by atoms with Crippen molar-refractivity contribution >= 4 is 0 Å². The van der Waals surface area contributed by atoms with Crippen molar-refractivity contribution in [1.82, 2.24) is 14.8 Å². The molecule has 0 amide bonds. The van der Waals surface area contributed by atoms with E-state index in [4.69, 9.17) is 5.10 Å². The third-order valence-electron chi connectivity index (χ3n) is 6.48. The van der Waals surface area contributed by atoms with Gasteiger partial charge in [0, 0.05) is 0 Å². The van der Waals surface area contributed by atoms with Gasteiger partial charge in [0.2, 0.25) is 0 Å². The maximum Gasteiger partial charge on any atom is 0.157 e. The van der Waals surface area contributed by atoms with Crippen LogP contribution in [0.25, 0.3) is 0 Å². The Morgan fingerprint density at radius 1 is 0.750 bits per heavy atom. The molecule has 1 aromatic heterocycles. The van der Waals surface area contributed by atoms with Gasteiger partial charge in [-0.1, -0.05) is 118 Å². The van der Waals surface area contributed by atoms with E-state index in [1.807, 2.05) is 59.3 Å². The second-order valence-electron chi connectivity index (χ2n) is 8.27. The van der Waals surface area contributed by atoms with E-state index in [0.29, 0.717) is 18.2 Å². The third kappa shape index (κ3) is 3.98. The molecule has 164 valence electrons. The summed E-state index contributed by atoms with van der Waals surface area (Å²) in [5, 5.41) is 16.0. The number of benzene rings is 3. The predicted molar refractivity (Wildman–Crippen MR) is 128 cm³/mol. The molecule has 1 N–H and O–H groups in total. The summed E-state index contributed by atoms with van der Waals surface area (Å²) in [6.45, 7) is 4.35. The van der Waals surface area contributed by atoms with Gasteiger partial charge in [0.15, 0.2) is 5.82 Å². The fraction of sp³-hybridized carbons (Fsp3) is 0.286. The highest BCUT2D eigenvalue weighted by molar-refractivity contribution is 5.50. The van der Waals surface area contributed by atoms with Crippen molar-refractivity contribution in [2.75, 3.05) is 0 Å². The van der Waals surface area contributed by atoms with Crippen molar-refractivity contribution < 1.29 is 5.11 Å². The number of hydrogen-bond acceptors (Lipinski definition) is 3. The van der Waals surface area contributed by atoms with Gasteiger partial charge < -0.3 is 5.11 Å². The summed E-state index contributed by atoms with van der Waals surface area (Å²) in [6.07, 6.45) is 3.60. The summed E-state index contributed by atoms with van der Waals surface area (Å²) in [4.78, 5) is 4.58. The van der Waals surface area contributed by atoms with Gasteiger partial charge in [0.05, 0.1) is 0 Å². The lowest BCUT2D eigenvalue weighted by Gasteiger charge is -2.37. The summed E-state index contributed by atoms with van der Waals surface area (Å²) in [6, 6.07) is 31.1. The Bertz CT molecular complexity index is 993. The zero-order chi connectivity index (χ0) is 22.4. The Morgan fingerprint density at radius 2 is 1.19 bits per heavy atom. The van der Waals surface area contributed by atoms with E-state index in [1.54, 1.807) is 6.33 Å². The molecule has 4 aromatic rings. The van der Waals surface area contributed by atoms with E-state index in [1.165, 1.54) is 0 Å². The van der Waals surface area contributed by atoms with Crippen LogP contribution in [0.5, 0.6) is 0 Å². The van der Waals surface area contributed by atoms with Crippen LogP contribution in [0.4, 0.5) is 0 Å². The molecular formula is C28H31N3O. The Labute approximate surface area is 190 Å². The molecule has 3 aromatic carbocycles. The van der Waals surface area contributed by atoms with Crippen LogP contribution in [0.1, 0.15) is 61.7 Å². The molecule has 0 fully saturated rings. The highest BCUT2D eigenvalue weighted by Gasteiger charge is 2.42. The summed E-state index contributed by atoms with van der Waals surface area (Å²) >= 11 is 0. The molecule has 0 bridgehead atoms. The minimum absolute atomic E-state index is 0.440. The van der Waals surface area contributed by atoms with Crippen LogP contribution in [-0.4, -0.2) is 19.9 Å². The van der Waals surface area contributed by atoms with E-state index in [-0.39, 0.29) is 0 Å². The average Bonchev–Trinajstić information content (AvgIpc) is 3.35. The van der Waals surface area contributed by atoms with Gasteiger partial charge in [-0.25, -0.2) is 9.67 Å². The van der Waals surface area contributed by atoms with E-state index in [0.717, 1.165) is 29.5 Å². The first-order valence-corrected chi connectivity index (χ1v) is 11.5. The standard InChI is InChI=1S/C28H31N3O/c1-3-22(4-2)20-26(32)27-29-21-30-31(27)28(23-14-8-5-9-15-23,24-16-10-6-11-17-24)25-18-12-7-13-19-25/h5-19,21-22,26,32H,3-4,20H2,1-2H3. The van der Waals surface area contributed by atoms with Gasteiger partial charge in [-0.15, -0.1) is 0 Å². The minimum atomic E-state index is -0.759. The molecule has 1 atom stereocenters. The Hall–Kier alpha value is -3.24. The molecular weight excluding hydrogens is 394 g/mol. The quantitative estimate of drug-likeness (QED) is 0.336. The minimum Gasteiger partial charge on any atom is -0.385 e. The molecule has 1 heterocycles. The number of aliphatic hydroxyl groups is 1. The van der Waals surface area contributed by atoms with Crippen molar-refractivity contribution in [2.24, 2.45) is 5.92 Å². The molecule has 0 aliphatic heterocycles. The van der Waals surface area contributed by atoms with Gasteiger partial charge >= 0.3 is 0 Å². The predicted octanol–water partition coefficient (Wildman–Crippen LogP) is 5.98. The molecule has 4 nitrogen and oxygen atoms in total. The van der Waals surface area contributed by atoms with Gasteiger partial charge in [-0.3, -0.25) is 0 Å². The number of nitrogens with zero attached hydrogens (tertiary/aromatic N) is 3. The highest BCUT2D eigenvalue weighted by atomic mass is 16.3.